The minimum absolute atomic E-state index is 0.430. The Morgan fingerprint density at radius 3 is 2.58 bits per heavy atom. The minimum atomic E-state index is 0.430. The number of aromatic nitrogens is 2. The van der Waals surface area contributed by atoms with E-state index >= 15 is 0 Å². The van der Waals surface area contributed by atoms with Gasteiger partial charge in [0.15, 0.2) is 0 Å². The molecule has 2 saturated heterocycles. The van der Waals surface area contributed by atoms with Gasteiger partial charge in [0, 0.05) is 18.6 Å². The fourth-order valence-electron chi connectivity index (χ4n) is 3.09. The Morgan fingerprint density at radius 1 is 1.16 bits per heavy atom. The van der Waals surface area contributed by atoms with E-state index in [0.29, 0.717) is 29.8 Å². The Labute approximate surface area is 113 Å². The van der Waals surface area contributed by atoms with Crippen LogP contribution in [0.3, 0.4) is 0 Å². The van der Waals surface area contributed by atoms with E-state index in [-0.39, 0.29) is 0 Å². The highest BCUT2D eigenvalue weighted by Crippen LogP contribution is 2.30. The number of rotatable bonds is 4. The van der Waals surface area contributed by atoms with Crippen molar-refractivity contribution in [2.24, 2.45) is 0 Å². The summed E-state index contributed by atoms with van der Waals surface area (Å²) in [5.41, 5.74) is 0. The first-order valence-electron chi connectivity index (χ1n) is 6.78. The molecule has 0 radical (unpaired) electrons. The molecule has 2 aliphatic rings. The second-order valence-electron chi connectivity index (χ2n) is 5.06. The molecule has 1 aromatic heterocycles. The molecule has 2 aliphatic heterocycles. The molecule has 19 heavy (non-hydrogen) atoms. The number of hydrogen-bond donors (Lipinski definition) is 1. The lowest BCUT2D eigenvalue weighted by atomic mass is 10.1. The monoisotopic (exact) mass is 264 g/mol. The predicted molar refractivity (Wildman–Crippen MR) is 71.8 cm³/mol. The topological polar surface area (TPSA) is 59.5 Å². The molecule has 2 atom stereocenters. The van der Waals surface area contributed by atoms with Crippen LogP contribution in [-0.4, -0.2) is 54.3 Å². The summed E-state index contributed by atoms with van der Waals surface area (Å²) in [5.74, 6) is 1.64. The van der Waals surface area contributed by atoms with Crippen molar-refractivity contribution in [3.8, 4) is 11.8 Å². The van der Waals surface area contributed by atoms with Crippen LogP contribution in [0.15, 0.2) is 6.07 Å². The zero-order valence-corrected chi connectivity index (χ0v) is 11.4. The van der Waals surface area contributed by atoms with Crippen LogP contribution in [0.25, 0.3) is 0 Å². The second-order valence-corrected chi connectivity index (χ2v) is 5.06. The number of methoxy groups -OCH3 is 2. The van der Waals surface area contributed by atoms with Crippen molar-refractivity contribution in [1.29, 1.82) is 0 Å². The van der Waals surface area contributed by atoms with Gasteiger partial charge < -0.3 is 14.8 Å². The van der Waals surface area contributed by atoms with Gasteiger partial charge >= 0.3 is 0 Å². The molecule has 2 fully saturated rings. The average Bonchev–Trinajstić information content (AvgIpc) is 3.03. The van der Waals surface area contributed by atoms with E-state index in [0.717, 1.165) is 6.42 Å². The van der Waals surface area contributed by atoms with Crippen LogP contribution in [0, 0.1) is 0 Å². The predicted octanol–water partition coefficient (Wildman–Crippen LogP) is 1.14. The van der Waals surface area contributed by atoms with Gasteiger partial charge in [-0.1, -0.05) is 0 Å². The molecule has 0 aromatic carbocycles. The molecule has 1 aromatic rings. The van der Waals surface area contributed by atoms with Crippen LogP contribution in [-0.2, 0) is 0 Å². The van der Waals surface area contributed by atoms with Crippen molar-refractivity contribution >= 4 is 5.95 Å². The van der Waals surface area contributed by atoms with E-state index in [1.54, 1.807) is 20.3 Å². The average molecular weight is 264 g/mol. The summed E-state index contributed by atoms with van der Waals surface area (Å²) < 4.78 is 10.3. The summed E-state index contributed by atoms with van der Waals surface area (Å²) >= 11 is 0. The molecule has 6 nitrogen and oxygen atoms in total. The quantitative estimate of drug-likeness (QED) is 0.880. The molecule has 104 valence electrons. The zero-order chi connectivity index (χ0) is 13.2. The maximum absolute atomic E-state index is 5.17. The highest BCUT2D eigenvalue weighted by atomic mass is 16.5. The van der Waals surface area contributed by atoms with Crippen LogP contribution in [0.4, 0.5) is 5.95 Å². The molecule has 0 amide bonds. The maximum Gasteiger partial charge on any atom is 0.229 e. The van der Waals surface area contributed by atoms with E-state index in [2.05, 4.69) is 20.2 Å². The van der Waals surface area contributed by atoms with Gasteiger partial charge in [0.05, 0.1) is 20.3 Å². The van der Waals surface area contributed by atoms with Crippen molar-refractivity contribution in [2.45, 2.75) is 31.3 Å². The summed E-state index contributed by atoms with van der Waals surface area (Å²) in [6.45, 7) is 2.40. The first-order chi connectivity index (χ1) is 9.30. The Morgan fingerprint density at radius 2 is 1.89 bits per heavy atom. The van der Waals surface area contributed by atoms with E-state index in [4.69, 9.17) is 9.47 Å². The molecular formula is C13H20N4O2. The van der Waals surface area contributed by atoms with E-state index < -0.39 is 0 Å². The van der Waals surface area contributed by atoms with Crippen LogP contribution >= 0.6 is 0 Å². The van der Waals surface area contributed by atoms with Crippen LogP contribution in [0.5, 0.6) is 11.8 Å². The van der Waals surface area contributed by atoms with Crippen molar-refractivity contribution < 1.29 is 9.47 Å². The van der Waals surface area contributed by atoms with Crippen LogP contribution in [0.1, 0.15) is 19.3 Å². The smallest absolute Gasteiger partial charge is 0.229 e. The lowest BCUT2D eigenvalue weighted by Crippen LogP contribution is -2.34. The molecule has 0 aliphatic carbocycles. The number of nitrogens with zero attached hydrogens (tertiary/aromatic N) is 3. The van der Waals surface area contributed by atoms with Gasteiger partial charge in [0.2, 0.25) is 17.7 Å². The van der Waals surface area contributed by atoms with Crippen LogP contribution in [0.2, 0.25) is 0 Å². The molecule has 3 heterocycles. The van der Waals surface area contributed by atoms with Gasteiger partial charge in [0.1, 0.15) is 0 Å². The van der Waals surface area contributed by atoms with E-state index in [1.165, 1.54) is 25.9 Å². The van der Waals surface area contributed by atoms with Crippen molar-refractivity contribution in [2.75, 3.05) is 32.6 Å². The largest absolute Gasteiger partial charge is 0.481 e. The van der Waals surface area contributed by atoms with Gasteiger partial charge in [0.25, 0.3) is 0 Å². The Balaban J connectivity index is 1.75. The molecule has 0 bridgehead atoms. The fraction of sp³-hybridized carbons (Fsp3) is 0.692. The fourth-order valence-corrected chi connectivity index (χ4v) is 3.09. The Kier molecular flexibility index (Phi) is 3.42. The number of fused-ring (bicyclic) bond motifs is 1. The van der Waals surface area contributed by atoms with E-state index in [9.17, 15) is 0 Å². The summed E-state index contributed by atoms with van der Waals surface area (Å²) in [4.78, 5) is 11.2. The second kappa shape index (κ2) is 5.21. The van der Waals surface area contributed by atoms with Gasteiger partial charge in [-0.2, -0.15) is 9.97 Å². The van der Waals surface area contributed by atoms with Crippen LogP contribution < -0.4 is 14.8 Å². The lowest BCUT2D eigenvalue weighted by molar-refractivity contribution is 0.317. The number of nitrogens with one attached hydrogen (secondary N) is 1. The molecular weight excluding hydrogens is 244 g/mol. The van der Waals surface area contributed by atoms with E-state index in [1.807, 2.05) is 0 Å². The third-order valence-electron chi connectivity index (χ3n) is 4.02. The molecule has 2 unspecified atom stereocenters. The first-order valence-corrected chi connectivity index (χ1v) is 6.78. The molecule has 1 N–H and O–H groups in total. The Hall–Kier alpha value is -1.56. The molecule has 0 saturated carbocycles. The van der Waals surface area contributed by atoms with Gasteiger partial charge in [-0.15, -0.1) is 0 Å². The SMILES string of the molecule is COc1cc(OC)nc(NC2CCN3CCCC23)n1. The summed E-state index contributed by atoms with van der Waals surface area (Å²) in [6, 6.07) is 2.74. The minimum Gasteiger partial charge on any atom is -0.481 e. The number of hydrogen-bond acceptors (Lipinski definition) is 6. The van der Waals surface area contributed by atoms with Crippen molar-refractivity contribution in [3.05, 3.63) is 6.07 Å². The normalized spacial score (nSPS) is 26.2. The maximum atomic E-state index is 5.17. The third-order valence-corrected chi connectivity index (χ3v) is 4.02. The molecule has 6 heteroatoms. The molecule has 3 rings (SSSR count). The summed E-state index contributed by atoms with van der Waals surface area (Å²) in [5, 5.41) is 3.44. The molecule has 0 spiro atoms. The third kappa shape index (κ3) is 2.45. The highest BCUT2D eigenvalue weighted by molar-refractivity contribution is 5.35. The number of anilines is 1. The standard InChI is InChI=1S/C13H20N4O2/c1-18-11-8-12(19-2)16-13(15-11)14-9-5-7-17-6-3-4-10(9)17/h8-10H,3-7H2,1-2H3,(H,14,15,16). The number of ether oxygens (including phenoxy) is 2. The summed E-state index contributed by atoms with van der Waals surface area (Å²) in [7, 11) is 3.19. The first kappa shape index (κ1) is 12.5. The summed E-state index contributed by atoms with van der Waals surface area (Å²) in [6.07, 6.45) is 3.71. The van der Waals surface area contributed by atoms with Crippen molar-refractivity contribution in [3.63, 3.8) is 0 Å². The van der Waals surface area contributed by atoms with Gasteiger partial charge in [-0.25, -0.2) is 0 Å². The van der Waals surface area contributed by atoms with Gasteiger partial charge in [-0.05, 0) is 25.8 Å². The zero-order valence-electron chi connectivity index (χ0n) is 11.4. The Bertz CT molecular complexity index is 432. The van der Waals surface area contributed by atoms with Crippen molar-refractivity contribution in [1.82, 2.24) is 14.9 Å². The highest BCUT2D eigenvalue weighted by Gasteiger charge is 2.37. The lowest BCUT2D eigenvalue weighted by Gasteiger charge is -2.21. The van der Waals surface area contributed by atoms with Gasteiger partial charge in [-0.3, -0.25) is 4.90 Å².